The number of hydrogen-bond acceptors (Lipinski definition) is 3. The maximum Gasteiger partial charge on any atom is 0.430 e. The molecule has 0 aromatic heterocycles. The van der Waals surface area contributed by atoms with Gasteiger partial charge in [0.15, 0.2) is 0 Å². The van der Waals surface area contributed by atoms with Crippen LogP contribution in [-0.2, 0) is 4.79 Å². The molecule has 2 aromatic carbocycles. The van der Waals surface area contributed by atoms with E-state index >= 15 is 0 Å². The van der Waals surface area contributed by atoms with Crippen LogP contribution >= 0.6 is 39.1 Å². The highest BCUT2D eigenvalue weighted by molar-refractivity contribution is 9.10. The van der Waals surface area contributed by atoms with E-state index in [0.29, 0.717) is 15.2 Å². The number of fused-ring (bicyclic) bond motifs is 1. The predicted molar refractivity (Wildman–Crippen MR) is 96.8 cm³/mol. The summed E-state index contributed by atoms with van der Waals surface area (Å²) in [5.41, 5.74) is -0.835. The van der Waals surface area contributed by atoms with Gasteiger partial charge >= 0.3 is 12.1 Å². The molecule has 0 saturated carbocycles. The smallest absolute Gasteiger partial charge is 0.430 e. The molecule has 1 atom stereocenters. The molecular formula is C17H8BrCl2F3O4. The van der Waals surface area contributed by atoms with Crippen molar-refractivity contribution in [1.29, 1.82) is 0 Å². The maximum atomic E-state index is 13.1. The van der Waals surface area contributed by atoms with Gasteiger partial charge in [-0.05, 0) is 40.2 Å². The minimum absolute atomic E-state index is 0.0295. The van der Waals surface area contributed by atoms with E-state index in [2.05, 4.69) is 15.9 Å². The molecule has 2 aromatic rings. The van der Waals surface area contributed by atoms with Gasteiger partial charge in [0.25, 0.3) is 0 Å². The number of carbonyl (C=O) groups is 1. The Bertz CT molecular complexity index is 960. The lowest BCUT2D eigenvalue weighted by Crippen LogP contribution is -2.40. The number of halogens is 6. The Morgan fingerprint density at radius 1 is 1.19 bits per heavy atom. The summed E-state index contributed by atoms with van der Waals surface area (Å²) in [6, 6.07) is 7.13. The third-order valence-electron chi connectivity index (χ3n) is 3.57. The fourth-order valence-electron chi connectivity index (χ4n) is 2.36. The quantitative estimate of drug-likeness (QED) is 0.553. The van der Waals surface area contributed by atoms with Gasteiger partial charge in [-0.1, -0.05) is 23.2 Å². The van der Waals surface area contributed by atoms with E-state index in [1.165, 1.54) is 18.2 Å². The van der Waals surface area contributed by atoms with E-state index in [-0.39, 0.29) is 22.1 Å². The molecule has 4 nitrogen and oxygen atoms in total. The molecule has 1 unspecified atom stereocenters. The number of hydrogen-bond donors (Lipinski definition) is 1. The number of carboxylic acids is 1. The van der Waals surface area contributed by atoms with E-state index in [9.17, 15) is 18.0 Å². The monoisotopic (exact) mass is 482 g/mol. The van der Waals surface area contributed by atoms with Crippen molar-refractivity contribution in [3.05, 3.63) is 56.0 Å². The molecule has 142 valence electrons. The zero-order chi connectivity index (χ0) is 19.9. The van der Waals surface area contributed by atoms with Crippen molar-refractivity contribution in [3.8, 4) is 17.2 Å². The molecule has 1 aliphatic heterocycles. The summed E-state index contributed by atoms with van der Waals surface area (Å²) in [7, 11) is 0. The van der Waals surface area contributed by atoms with Crippen LogP contribution in [0, 0.1) is 0 Å². The van der Waals surface area contributed by atoms with Gasteiger partial charge in [-0.3, -0.25) is 0 Å². The number of rotatable bonds is 3. The van der Waals surface area contributed by atoms with E-state index < -0.39 is 23.8 Å². The minimum atomic E-state index is -4.90. The Morgan fingerprint density at radius 3 is 2.48 bits per heavy atom. The highest BCUT2D eigenvalue weighted by atomic mass is 79.9. The summed E-state index contributed by atoms with van der Waals surface area (Å²) < 4.78 is 50.6. The number of ether oxygens (including phenoxy) is 2. The van der Waals surface area contributed by atoms with Crippen LogP contribution in [0.25, 0.3) is 6.08 Å². The predicted octanol–water partition coefficient (Wildman–Crippen LogP) is 6.34. The SMILES string of the molecule is O=C(O)C1=Cc2cc(Cl)c(Oc3ccc(Br)c(Cl)c3)cc2OC1C(F)(F)F. The molecule has 1 N–H and O–H groups in total. The Hall–Kier alpha value is -1.90. The minimum Gasteiger partial charge on any atom is -0.478 e. The number of aliphatic carboxylic acids is 1. The summed E-state index contributed by atoms with van der Waals surface area (Å²) in [6.45, 7) is 0. The summed E-state index contributed by atoms with van der Waals surface area (Å²) in [5.74, 6) is -1.61. The zero-order valence-corrected chi connectivity index (χ0v) is 16.1. The molecule has 27 heavy (non-hydrogen) atoms. The molecular weight excluding hydrogens is 476 g/mol. The molecule has 0 spiro atoms. The maximum absolute atomic E-state index is 13.1. The second-order valence-corrected chi connectivity index (χ2v) is 7.11. The van der Waals surface area contributed by atoms with Gasteiger partial charge in [0.1, 0.15) is 17.2 Å². The second-order valence-electron chi connectivity index (χ2n) is 5.44. The van der Waals surface area contributed by atoms with Gasteiger partial charge in [0.05, 0.1) is 15.6 Å². The molecule has 0 bridgehead atoms. The van der Waals surface area contributed by atoms with Gasteiger partial charge < -0.3 is 14.6 Å². The third kappa shape index (κ3) is 4.17. The van der Waals surface area contributed by atoms with Crippen molar-refractivity contribution in [3.63, 3.8) is 0 Å². The molecule has 3 rings (SSSR count). The van der Waals surface area contributed by atoms with Crippen LogP contribution < -0.4 is 9.47 Å². The van der Waals surface area contributed by atoms with Crippen LogP contribution in [-0.4, -0.2) is 23.4 Å². The Labute approximate surface area is 169 Å². The van der Waals surface area contributed by atoms with E-state index in [0.717, 1.165) is 6.08 Å². The fraction of sp³-hybridized carbons (Fsp3) is 0.118. The molecule has 0 aliphatic carbocycles. The number of alkyl halides is 3. The van der Waals surface area contributed by atoms with Crippen molar-refractivity contribution in [2.75, 3.05) is 0 Å². The lowest BCUT2D eigenvalue weighted by molar-refractivity contribution is -0.187. The first-order chi connectivity index (χ1) is 12.6. The molecule has 1 heterocycles. The van der Waals surface area contributed by atoms with Gasteiger partial charge in [-0.2, -0.15) is 13.2 Å². The van der Waals surface area contributed by atoms with Crippen molar-refractivity contribution in [2.45, 2.75) is 12.3 Å². The molecule has 0 amide bonds. The average molecular weight is 484 g/mol. The van der Waals surface area contributed by atoms with Crippen LogP contribution in [0.2, 0.25) is 10.0 Å². The van der Waals surface area contributed by atoms with Crippen LogP contribution in [0.15, 0.2) is 40.4 Å². The van der Waals surface area contributed by atoms with Crippen LogP contribution in [0.4, 0.5) is 13.2 Å². The first kappa shape index (κ1) is 19.9. The van der Waals surface area contributed by atoms with Gasteiger partial charge in [0, 0.05) is 22.2 Å². The first-order valence-electron chi connectivity index (χ1n) is 7.21. The van der Waals surface area contributed by atoms with Crippen molar-refractivity contribution < 1.29 is 32.5 Å². The topological polar surface area (TPSA) is 55.8 Å². The summed E-state index contributed by atoms with van der Waals surface area (Å²) in [6.07, 6.45) is -6.62. The molecule has 10 heteroatoms. The Kier molecular flexibility index (Phi) is 5.33. The van der Waals surface area contributed by atoms with Crippen molar-refractivity contribution >= 4 is 51.2 Å². The van der Waals surface area contributed by atoms with Gasteiger partial charge in [0.2, 0.25) is 6.10 Å². The van der Waals surface area contributed by atoms with Crippen LogP contribution in [0.1, 0.15) is 5.56 Å². The number of benzene rings is 2. The van der Waals surface area contributed by atoms with Gasteiger partial charge in [-0.15, -0.1) is 0 Å². The highest BCUT2D eigenvalue weighted by Crippen LogP contribution is 2.43. The normalized spacial score (nSPS) is 16.2. The lowest BCUT2D eigenvalue weighted by Gasteiger charge is -2.27. The lowest BCUT2D eigenvalue weighted by atomic mass is 10.0. The first-order valence-corrected chi connectivity index (χ1v) is 8.76. The fourth-order valence-corrected chi connectivity index (χ4v) is 2.99. The van der Waals surface area contributed by atoms with Crippen molar-refractivity contribution in [2.24, 2.45) is 0 Å². The third-order valence-corrected chi connectivity index (χ3v) is 5.09. The van der Waals surface area contributed by atoms with Crippen LogP contribution in [0.3, 0.4) is 0 Å². The standard InChI is InChI=1S/C17H8BrCl2F3O4/c18-10-2-1-8(5-11(10)19)26-14-6-13-7(4-12(14)20)3-9(16(24)25)15(27-13)17(21,22)23/h1-6,15H,(H,24,25). The zero-order valence-electron chi connectivity index (χ0n) is 13.0. The summed E-state index contributed by atoms with van der Waals surface area (Å²) in [4.78, 5) is 11.2. The summed E-state index contributed by atoms with van der Waals surface area (Å²) >= 11 is 15.3. The molecule has 0 saturated heterocycles. The molecule has 0 radical (unpaired) electrons. The van der Waals surface area contributed by atoms with E-state index in [4.69, 9.17) is 37.8 Å². The van der Waals surface area contributed by atoms with Crippen molar-refractivity contribution in [1.82, 2.24) is 0 Å². The summed E-state index contributed by atoms with van der Waals surface area (Å²) in [5, 5.41) is 9.47. The number of carboxylic acid groups (broad SMARTS) is 1. The van der Waals surface area contributed by atoms with Crippen LogP contribution in [0.5, 0.6) is 17.2 Å². The van der Waals surface area contributed by atoms with E-state index in [1.54, 1.807) is 12.1 Å². The van der Waals surface area contributed by atoms with E-state index in [1.807, 2.05) is 0 Å². The second kappa shape index (κ2) is 7.26. The Balaban J connectivity index is 2.01. The average Bonchev–Trinajstić information content (AvgIpc) is 2.57. The van der Waals surface area contributed by atoms with Gasteiger partial charge in [-0.25, -0.2) is 4.79 Å². The highest BCUT2D eigenvalue weighted by Gasteiger charge is 2.48. The largest absolute Gasteiger partial charge is 0.478 e. The molecule has 0 fully saturated rings. The Morgan fingerprint density at radius 2 is 1.89 bits per heavy atom. The molecule has 1 aliphatic rings.